The Morgan fingerprint density at radius 3 is 1.94 bits per heavy atom. The summed E-state index contributed by atoms with van der Waals surface area (Å²) in [5.74, 6) is 5.28. The van der Waals surface area contributed by atoms with Crippen molar-refractivity contribution in [3.05, 3.63) is 23.8 Å². The van der Waals surface area contributed by atoms with Gasteiger partial charge in [0.05, 0.1) is 0 Å². The van der Waals surface area contributed by atoms with Crippen molar-refractivity contribution in [1.82, 2.24) is 0 Å². The van der Waals surface area contributed by atoms with Gasteiger partial charge in [0.1, 0.15) is 6.10 Å². The summed E-state index contributed by atoms with van der Waals surface area (Å²) in [5, 5.41) is 0. The van der Waals surface area contributed by atoms with Gasteiger partial charge in [-0.2, -0.15) is 0 Å². The van der Waals surface area contributed by atoms with E-state index in [0.717, 1.165) is 61.2 Å². The summed E-state index contributed by atoms with van der Waals surface area (Å²) in [7, 11) is 0. The minimum absolute atomic E-state index is 0.0343. The number of allylic oxidation sites excluding steroid dienone is 3. The smallest absolute Gasteiger partial charge is 0.306 e. The van der Waals surface area contributed by atoms with Gasteiger partial charge in [0.2, 0.25) is 0 Å². The number of rotatable bonds is 27. The van der Waals surface area contributed by atoms with E-state index in [1.54, 1.807) is 5.57 Å². The Balaban J connectivity index is 1.02. The van der Waals surface area contributed by atoms with E-state index < -0.39 is 0 Å². The molecule has 0 aromatic heterocycles. The molecule has 4 aliphatic rings. The predicted molar refractivity (Wildman–Crippen MR) is 230 cm³/mol. The first kappa shape index (κ1) is 44.7. The molecule has 3 saturated carbocycles. The molecular weight excluding hydrogens is 645 g/mol. The lowest BCUT2D eigenvalue weighted by Crippen LogP contribution is -2.51. The summed E-state index contributed by atoms with van der Waals surface area (Å²) < 4.78 is 6.13. The molecule has 0 aromatic rings. The van der Waals surface area contributed by atoms with Gasteiger partial charge in [-0.05, 0) is 117 Å². The Bertz CT molecular complexity index is 1070. The maximum Gasteiger partial charge on any atom is 0.306 e. The van der Waals surface area contributed by atoms with Crippen LogP contribution in [0.25, 0.3) is 0 Å². The molecule has 2 nitrogen and oxygen atoms in total. The lowest BCUT2D eigenvalue weighted by Gasteiger charge is -2.58. The molecule has 0 N–H and O–H groups in total. The summed E-state index contributed by atoms with van der Waals surface area (Å²) in [5.41, 5.74) is 2.51. The fourth-order valence-corrected chi connectivity index (χ4v) is 12.4. The summed E-state index contributed by atoms with van der Waals surface area (Å²) >= 11 is 0. The molecule has 4 rings (SSSR count). The Morgan fingerprint density at radius 2 is 1.32 bits per heavy atom. The monoisotopic (exact) mass is 735 g/mol. The number of fused-ring (bicyclic) bond motifs is 5. The lowest BCUT2D eigenvalue weighted by molar-refractivity contribution is -0.151. The third-order valence-corrected chi connectivity index (χ3v) is 15.7. The van der Waals surface area contributed by atoms with Crippen molar-refractivity contribution >= 4 is 5.97 Å². The Hall–Kier alpha value is -1.05. The molecule has 0 heterocycles. The van der Waals surface area contributed by atoms with Gasteiger partial charge >= 0.3 is 5.97 Å². The SMILES string of the molecule is CCCCCCCCCCCCCCCCCC/C=C\CCCC(=O)O[C@H]1CC[C@@]2(C)C(=CC[C@H]3[C@@H]4CC[C@H]([C@H](C)CCCC(C)C)[C@@]4(C)CC[C@@H]32)C1. The number of ether oxygens (including phenoxy) is 1. The van der Waals surface area contributed by atoms with Crippen molar-refractivity contribution in [2.24, 2.45) is 46.3 Å². The van der Waals surface area contributed by atoms with Crippen molar-refractivity contribution in [3.63, 3.8) is 0 Å². The van der Waals surface area contributed by atoms with Crippen LogP contribution in [0.3, 0.4) is 0 Å². The van der Waals surface area contributed by atoms with E-state index in [2.05, 4.69) is 59.8 Å². The number of hydrogen-bond acceptors (Lipinski definition) is 2. The molecule has 2 heteroatoms. The normalized spacial score (nSPS) is 30.2. The first-order chi connectivity index (χ1) is 25.7. The molecule has 8 atom stereocenters. The minimum Gasteiger partial charge on any atom is -0.462 e. The van der Waals surface area contributed by atoms with Crippen molar-refractivity contribution in [3.8, 4) is 0 Å². The third kappa shape index (κ3) is 13.8. The van der Waals surface area contributed by atoms with Crippen LogP contribution in [0.2, 0.25) is 0 Å². The van der Waals surface area contributed by atoms with Crippen molar-refractivity contribution < 1.29 is 9.53 Å². The number of esters is 1. The first-order valence-corrected chi connectivity index (χ1v) is 24.2. The summed E-state index contributed by atoms with van der Waals surface area (Å²) in [4.78, 5) is 12.9. The van der Waals surface area contributed by atoms with Gasteiger partial charge in [-0.15, -0.1) is 0 Å². The van der Waals surface area contributed by atoms with E-state index in [1.165, 1.54) is 167 Å². The molecule has 306 valence electrons. The van der Waals surface area contributed by atoms with Crippen LogP contribution < -0.4 is 0 Å². The van der Waals surface area contributed by atoms with E-state index in [1.807, 2.05) is 0 Å². The Morgan fingerprint density at radius 1 is 0.717 bits per heavy atom. The zero-order chi connectivity index (χ0) is 37.9. The van der Waals surface area contributed by atoms with E-state index in [4.69, 9.17) is 4.74 Å². The molecule has 0 bridgehead atoms. The van der Waals surface area contributed by atoms with Crippen LogP contribution in [0.4, 0.5) is 0 Å². The van der Waals surface area contributed by atoms with Crippen LogP contribution in [0.1, 0.15) is 241 Å². The van der Waals surface area contributed by atoms with Gasteiger partial charge in [0, 0.05) is 12.8 Å². The highest BCUT2D eigenvalue weighted by Crippen LogP contribution is 2.67. The van der Waals surface area contributed by atoms with Gasteiger partial charge < -0.3 is 4.74 Å². The van der Waals surface area contributed by atoms with Gasteiger partial charge in [0.15, 0.2) is 0 Å². The van der Waals surface area contributed by atoms with Crippen LogP contribution in [-0.4, -0.2) is 12.1 Å². The standard InChI is InChI=1S/C51H90O2/c1-7-8-9-10-11-12-13-14-15-16-17-18-19-20-21-22-23-24-25-26-27-31-49(52)53-44-36-38-50(5)43(40-44)32-33-45-47-35-34-46(42(4)30-28-29-41(2)3)51(47,6)39-37-48(45)50/h24-25,32,41-42,44-48H,7-23,26-31,33-40H2,1-6H3/b25-24-/t42-,44+,45+,46-,47+,48+,50+,51-/m1/s1. The lowest BCUT2D eigenvalue weighted by atomic mass is 9.47. The number of carbonyl (C=O) groups is 1. The van der Waals surface area contributed by atoms with E-state index >= 15 is 0 Å². The van der Waals surface area contributed by atoms with Gasteiger partial charge in [-0.1, -0.05) is 181 Å². The number of unbranched alkanes of at least 4 members (excludes halogenated alkanes) is 17. The van der Waals surface area contributed by atoms with Gasteiger partial charge in [0.25, 0.3) is 0 Å². The zero-order valence-electron chi connectivity index (χ0n) is 36.5. The summed E-state index contributed by atoms with van der Waals surface area (Å²) in [6.45, 7) is 15.0. The third-order valence-electron chi connectivity index (χ3n) is 15.7. The fourth-order valence-electron chi connectivity index (χ4n) is 12.4. The molecule has 0 amide bonds. The second kappa shape index (κ2) is 23.9. The molecule has 0 radical (unpaired) electrons. The summed E-state index contributed by atoms with van der Waals surface area (Å²) in [6.07, 6.45) is 48.4. The van der Waals surface area contributed by atoms with Crippen molar-refractivity contribution in [1.29, 1.82) is 0 Å². The average Bonchev–Trinajstić information content (AvgIpc) is 3.49. The van der Waals surface area contributed by atoms with Gasteiger partial charge in [-0.3, -0.25) is 4.79 Å². The molecule has 0 spiro atoms. The first-order valence-electron chi connectivity index (χ1n) is 24.2. The maximum absolute atomic E-state index is 12.9. The molecule has 3 fully saturated rings. The van der Waals surface area contributed by atoms with Crippen LogP contribution in [0.15, 0.2) is 23.8 Å². The second-order valence-corrected chi connectivity index (χ2v) is 20.1. The molecule has 0 aromatic carbocycles. The highest BCUT2D eigenvalue weighted by Gasteiger charge is 2.59. The molecule has 0 unspecified atom stereocenters. The fraction of sp³-hybridized carbons (Fsp3) is 0.902. The summed E-state index contributed by atoms with van der Waals surface area (Å²) in [6, 6.07) is 0. The van der Waals surface area contributed by atoms with Crippen molar-refractivity contribution in [2.45, 2.75) is 247 Å². The minimum atomic E-state index is 0.0343. The molecule has 0 saturated heterocycles. The highest BCUT2D eigenvalue weighted by molar-refractivity contribution is 5.69. The quantitative estimate of drug-likeness (QED) is 0.0477. The van der Waals surface area contributed by atoms with Crippen LogP contribution in [0.5, 0.6) is 0 Å². The number of carbonyl (C=O) groups excluding carboxylic acids is 1. The Labute approximate surface area is 331 Å². The second-order valence-electron chi connectivity index (χ2n) is 20.1. The van der Waals surface area contributed by atoms with Crippen LogP contribution in [-0.2, 0) is 9.53 Å². The average molecular weight is 735 g/mol. The highest BCUT2D eigenvalue weighted by atomic mass is 16.5. The van der Waals surface area contributed by atoms with Crippen molar-refractivity contribution in [2.75, 3.05) is 0 Å². The van der Waals surface area contributed by atoms with E-state index in [0.29, 0.717) is 17.3 Å². The van der Waals surface area contributed by atoms with E-state index in [9.17, 15) is 4.79 Å². The number of hydrogen-bond donors (Lipinski definition) is 0. The van der Waals surface area contributed by atoms with Gasteiger partial charge in [-0.25, -0.2) is 0 Å². The zero-order valence-corrected chi connectivity index (χ0v) is 36.5. The van der Waals surface area contributed by atoms with E-state index in [-0.39, 0.29) is 12.1 Å². The molecule has 0 aliphatic heterocycles. The maximum atomic E-state index is 12.9. The molecular formula is C51H90O2. The largest absolute Gasteiger partial charge is 0.462 e. The van der Waals surface area contributed by atoms with Crippen LogP contribution >= 0.6 is 0 Å². The Kier molecular flexibility index (Phi) is 20.1. The topological polar surface area (TPSA) is 26.3 Å². The predicted octanol–water partition coefficient (Wildman–Crippen LogP) is 16.3. The van der Waals surface area contributed by atoms with Crippen LogP contribution in [0, 0.1) is 46.3 Å². The molecule has 4 aliphatic carbocycles. The molecule has 53 heavy (non-hydrogen) atoms.